The third-order valence-corrected chi connectivity index (χ3v) is 2.64. The highest BCUT2D eigenvalue weighted by atomic mass is 19.1. The number of halogens is 1. The quantitative estimate of drug-likeness (QED) is 0.832. The zero-order chi connectivity index (χ0) is 14.0. The van der Waals surface area contributed by atoms with Crippen molar-refractivity contribution in [2.45, 2.75) is 6.92 Å². The molecule has 0 amide bonds. The molecule has 0 atom stereocenters. The number of nitrogens with two attached hydrogens (primary N) is 1. The molecule has 0 heterocycles. The van der Waals surface area contributed by atoms with Crippen molar-refractivity contribution in [1.29, 1.82) is 0 Å². The molecule has 0 bridgehead atoms. The lowest BCUT2D eigenvalue weighted by atomic mass is 10.1. The number of nitrogen functional groups attached to an aromatic ring is 1. The van der Waals surface area contributed by atoms with E-state index in [1.807, 2.05) is 0 Å². The Balaban J connectivity index is 2.49. The molecule has 19 heavy (non-hydrogen) atoms. The van der Waals surface area contributed by atoms with Gasteiger partial charge in [-0.25, -0.2) is 9.18 Å². The number of aromatic carboxylic acids is 1. The minimum atomic E-state index is -1.16. The van der Waals surface area contributed by atoms with Crippen molar-refractivity contribution in [2.24, 2.45) is 0 Å². The Labute approximate surface area is 109 Å². The number of benzene rings is 2. The summed E-state index contributed by atoms with van der Waals surface area (Å²) in [5.74, 6) is -1.37. The van der Waals surface area contributed by atoms with Gasteiger partial charge in [0, 0.05) is 6.07 Å². The Morgan fingerprint density at radius 1 is 1.32 bits per heavy atom. The summed E-state index contributed by atoms with van der Waals surface area (Å²) in [7, 11) is 0. The fraction of sp³-hybridized carbons (Fsp3) is 0.0714. The fourth-order valence-electron chi connectivity index (χ4n) is 1.63. The summed E-state index contributed by atoms with van der Waals surface area (Å²) >= 11 is 0. The highest BCUT2D eigenvalue weighted by molar-refractivity contribution is 5.93. The number of hydrogen-bond acceptors (Lipinski definition) is 3. The smallest absolute Gasteiger partial charge is 0.339 e. The molecule has 0 spiro atoms. The fourth-order valence-corrected chi connectivity index (χ4v) is 1.63. The second kappa shape index (κ2) is 4.97. The molecule has 0 radical (unpaired) electrons. The van der Waals surface area contributed by atoms with E-state index in [4.69, 9.17) is 15.6 Å². The van der Waals surface area contributed by atoms with Gasteiger partial charge in [-0.2, -0.15) is 0 Å². The van der Waals surface area contributed by atoms with E-state index in [0.29, 0.717) is 5.56 Å². The van der Waals surface area contributed by atoms with Crippen LogP contribution >= 0.6 is 0 Å². The number of aryl methyl sites for hydroxylation is 1. The van der Waals surface area contributed by atoms with Crippen molar-refractivity contribution in [1.82, 2.24) is 0 Å². The molecule has 0 aromatic heterocycles. The zero-order valence-corrected chi connectivity index (χ0v) is 10.2. The Morgan fingerprint density at radius 2 is 2.05 bits per heavy atom. The number of ether oxygens (including phenoxy) is 1. The van der Waals surface area contributed by atoms with Crippen LogP contribution < -0.4 is 10.5 Å². The van der Waals surface area contributed by atoms with Gasteiger partial charge in [0.05, 0.1) is 5.69 Å². The van der Waals surface area contributed by atoms with E-state index in [-0.39, 0.29) is 22.7 Å². The molecule has 3 N–H and O–H groups in total. The SMILES string of the molecule is Cc1ccc(F)cc1Oc1c(N)cccc1C(=O)O. The van der Waals surface area contributed by atoms with E-state index >= 15 is 0 Å². The minimum Gasteiger partial charge on any atom is -0.478 e. The van der Waals surface area contributed by atoms with Gasteiger partial charge < -0.3 is 15.6 Å². The van der Waals surface area contributed by atoms with Crippen molar-refractivity contribution in [3.63, 3.8) is 0 Å². The normalized spacial score (nSPS) is 10.2. The van der Waals surface area contributed by atoms with Crippen molar-refractivity contribution in [2.75, 3.05) is 5.73 Å². The topological polar surface area (TPSA) is 72.5 Å². The van der Waals surface area contributed by atoms with Gasteiger partial charge in [0.1, 0.15) is 17.1 Å². The molecule has 98 valence electrons. The Bertz CT molecular complexity index is 641. The number of carboxylic acids is 1. The van der Waals surface area contributed by atoms with E-state index < -0.39 is 11.8 Å². The first-order chi connectivity index (χ1) is 8.99. The van der Waals surface area contributed by atoms with Gasteiger partial charge in [-0.15, -0.1) is 0 Å². The summed E-state index contributed by atoms with van der Waals surface area (Å²) < 4.78 is 18.6. The summed E-state index contributed by atoms with van der Waals surface area (Å²) in [6.45, 7) is 1.73. The Kier molecular flexibility index (Phi) is 3.37. The molecule has 2 rings (SSSR count). The van der Waals surface area contributed by atoms with Crippen LogP contribution in [0.5, 0.6) is 11.5 Å². The summed E-state index contributed by atoms with van der Waals surface area (Å²) in [6, 6.07) is 8.45. The summed E-state index contributed by atoms with van der Waals surface area (Å²) in [5, 5.41) is 9.08. The molecule has 2 aromatic rings. The molecule has 0 aliphatic carbocycles. The highest BCUT2D eigenvalue weighted by Gasteiger charge is 2.15. The van der Waals surface area contributed by atoms with Crippen LogP contribution in [0.3, 0.4) is 0 Å². The van der Waals surface area contributed by atoms with Crippen molar-refractivity contribution < 1.29 is 19.0 Å². The maximum atomic E-state index is 13.2. The van der Waals surface area contributed by atoms with E-state index in [1.54, 1.807) is 13.0 Å². The van der Waals surface area contributed by atoms with Crippen LogP contribution in [0.1, 0.15) is 15.9 Å². The van der Waals surface area contributed by atoms with Crippen LogP contribution in [0.15, 0.2) is 36.4 Å². The lowest BCUT2D eigenvalue weighted by Crippen LogP contribution is -2.03. The maximum absolute atomic E-state index is 13.2. The highest BCUT2D eigenvalue weighted by Crippen LogP contribution is 2.33. The van der Waals surface area contributed by atoms with Gasteiger partial charge in [0.2, 0.25) is 0 Å². The van der Waals surface area contributed by atoms with Crippen LogP contribution in [0, 0.1) is 12.7 Å². The number of carboxylic acid groups (broad SMARTS) is 1. The third-order valence-electron chi connectivity index (χ3n) is 2.64. The largest absolute Gasteiger partial charge is 0.478 e. The lowest BCUT2D eigenvalue weighted by Gasteiger charge is -2.13. The second-order valence-corrected chi connectivity index (χ2v) is 4.04. The van der Waals surface area contributed by atoms with Gasteiger partial charge in [-0.05, 0) is 30.7 Å². The molecule has 4 nitrogen and oxygen atoms in total. The molecule has 0 aliphatic rings. The Morgan fingerprint density at radius 3 is 2.74 bits per heavy atom. The van der Waals surface area contributed by atoms with Gasteiger partial charge in [0.25, 0.3) is 0 Å². The van der Waals surface area contributed by atoms with Gasteiger partial charge in [-0.3, -0.25) is 0 Å². The number of para-hydroxylation sites is 1. The minimum absolute atomic E-state index is 0.0173. The van der Waals surface area contributed by atoms with E-state index in [9.17, 15) is 9.18 Å². The lowest BCUT2D eigenvalue weighted by molar-refractivity contribution is 0.0694. The summed E-state index contributed by atoms with van der Waals surface area (Å²) in [6.07, 6.45) is 0. The molecule has 0 aliphatic heterocycles. The van der Waals surface area contributed by atoms with E-state index in [1.165, 1.54) is 30.3 Å². The van der Waals surface area contributed by atoms with Crippen LogP contribution in [-0.4, -0.2) is 11.1 Å². The van der Waals surface area contributed by atoms with Gasteiger partial charge >= 0.3 is 5.97 Å². The molecule has 0 saturated heterocycles. The summed E-state index contributed by atoms with van der Waals surface area (Å²) in [5.41, 5.74) is 6.51. The van der Waals surface area contributed by atoms with Gasteiger partial charge in [-0.1, -0.05) is 12.1 Å². The Hall–Kier alpha value is -2.56. The van der Waals surface area contributed by atoms with Crippen LogP contribution in [-0.2, 0) is 0 Å². The monoisotopic (exact) mass is 261 g/mol. The molecule has 5 heteroatoms. The van der Waals surface area contributed by atoms with Crippen LogP contribution in [0.4, 0.5) is 10.1 Å². The molecule has 0 saturated carbocycles. The molecule has 0 fully saturated rings. The number of rotatable bonds is 3. The van der Waals surface area contributed by atoms with Crippen molar-refractivity contribution in [3.05, 3.63) is 53.3 Å². The van der Waals surface area contributed by atoms with Crippen molar-refractivity contribution >= 4 is 11.7 Å². The molecule has 2 aromatic carbocycles. The first-order valence-electron chi connectivity index (χ1n) is 5.55. The van der Waals surface area contributed by atoms with Crippen molar-refractivity contribution in [3.8, 4) is 11.5 Å². The zero-order valence-electron chi connectivity index (χ0n) is 10.2. The first-order valence-corrected chi connectivity index (χ1v) is 5.55. The molecule has 0 unspecified atom stereocenters. The molecular formula is C14H12FNO3. The maximum Gasteiger partial charge on any atom is 0.339 e. The van der Waals surface area contributed by atoms with Gasteiger partial charge in [0.15, 0.2) is 5.75 Å². The number of anilines is 1. The predicted octanol–water partition coefficient (Wildman–Crippen LogP) is 3.21. The third kappa shape index (κ3) is 2.65. The number of hydrogen-bond donors (Lipinski definition) is 2. The van der Waals surface area contributed by atoms with Crippen LogP contribution in [0.25, 0.3) is 0 Å². The van der Waals surface area contributed by atoms with E-state index in [2.05, 4.69) is 0 Å². The summed E-state index contributed by atoms with van der Waals surface area (Å²) in [4.78, 5) is 11.1. The number of carbonyl (C=O) groups is 1. The van der Waals surface area contributed by atoms with E-state index in [0.717, 1.165) is 0 Å². The second-order valence-electron chi connectivity index (χ2n) is 4.04. The standard InChI is InChI=1S/C14H12FNO3/c1-8-5-6-9(15)7-12(8)19-13-10(14(17)18)3-2-4-11(13)16/h2-7H,16H2,1H3,(H,17,18). The predicted molar refractivity (Wildman–Crippen MR) is 69.0 cm³/mol. The first kappa shape index (κ1) is 12.9. The molecular weight excluding hydrogens is 249 g/mol. The average Bonchev–Trinajstić information content (AvgIpc) is 2.35. The average molecular weight is 261 g/mol. The van der Waals surface area contributed by atoms with Crippen LogP contribution in [0.2, 0.25) is 0 Å².